The monoisotopic (exact) mass is 233 g/mol. The van der Waals surface area contributed by atoms with Gasteiger partial charge in [-0.15, -0.1) is 0 Å². The van der Waals surface area contributed by atoms with Crippen LogP contribution in [0.15, 0.2) is 24.3 Å². The number of para-hydroxylation sites is 2. The number of aliphatic hydroxyl groups excluding tert-OH is 1. The van der Waals surface area contributed by atoms with Gasteiger partial charge in [0.1, 0.15) is 5.75 Å². The molecule has 4 heteroatoms. The van der Waals surface area contributed by atoms with E-state index >= 15 is 0 Å². The zero-order chi connectivity index (χ0) is 11.9. The van der Waals surface area contributed by atoms with Crippen molar-refractivity contribution in [1.29, 1.82) is 0 Å². The topological polar surface area (TPSA) is 58.6 Å². The molecular formula is C13H15NO3. The van der Waals surface area contributed by atoms with Gasteiger partial charge in [0.05, 0.1) is 12.3 Å². The van der Waals surface area contributed by atoms with Gasteiger partial charge in [-0.3, -0.25) is 4.79 Å². The van der Waals surface area contributed by atoms with Gasteiger partial charge < -0.3 is 15.2 Å². The first-order valence-electron chi connectivity index (χ1n) is 5.93. The fourth-order valence-electron chi connectivity index (χ4n) is 2.59. The fraction of sp³-hybridized carbons (Fsp3) is 0.462. The molecule has 1 fully saturated rings. The molecule has 2 N–H and O–H groups in total. The van der Waals surface area contributed by atoms with Crippen LogP contribution < -0.4 is 10.1 Å². The highest BCUT2D eigenvalue weighted by molar-refractivity contribution is 5.98. The van der Waals surface area contributed by atoms with Crippen molar-refractivity contribution < 1.29 is 14.6 Å². The first kappa shape index (κ1) is 10.6. The molecule has 1 unspecified atom stereocenters. The number of ether oxygens (including phenoxy) is 1. The molecular weight excluding hydrogens is 218 g/mol. The summed E-state index contributed by atoms with van der Waals surface area (Å²) in [5.74, 6) is 0.550. The molecule has 17 heavy (non-hydrogen) atoms. The molecule has 3 rings (SSSR count). The molecule has 0 aromatic heterocycles. The second kappa shape index (κ2) is 3.74. The Hall–Kier alpha value is -1.55. The van der Waals surface area contributed by atoms with Crippen LogP contribution in [0.1, 0.15) is 19.3 Å². The lowest BCUT2D eigenvalue weighted by molar-refractivity contribution is -0.138. The van der Waals surface area contributed by atoms with E-state index in [0.29, 0.717) is 11.4 Å². The number of amides is 1. The Balaban J connectivity index is 1.92. The van der Waals surface area contributed by atoms with E-state index < -0.39 is 6.10 Å². The van der Waals surface area contributed by atoms with E-state index in [2.05, 4.69) is 5.32 Å². The maximum absolute atomic E-state index is 12.0. The fourth-order valence-corrected chi connectivity index (χ4v) is 2.59. The first-order chi connectivity index (χ1) is 8.25. The van der Waals surface area contributed by atoms with Gasteiger partial charge in [0, 0.05) is 5.41 Å². The predicted octanol–water partition coefficient (Wildman–Crippen LogP) is 1.55. The first-order valence-corrected chi connectivity index (χ1v) is 5.93. The third-order valence-corrected chi connectivity index (χ3v) is 3.85. The number of rotatable bonds is 2. The summed E-state index contributed by atoms with van der Waals surface area (Å²) >= 11 is 0. The number of carbonyl (C=O) groups excluding carboxylic acids is 1. The third-order valence-electron chi connectivity index (χ3n) is 3.85. The van der Waals surface area contributed by atoms with Gasteiger partial charge in [-0.1, -0.05) is 18.6 Å². The van der Waals surface area contributed by atoms with E-state index in [-0.39, 0.29) is 17.9 Å². The van der Waals surface area contributed by atoms with Gasteiger partial charge in [0.25, 0.3) is 5.91 Å². The lowest BCUT2D eigenvalue weighted by atomic mass is 9.65. The zero-order valence-corrected chi connectivity index (χ0v) is 9.48. The molecule has 2 aliphatic rings. The van der Waals surface area contributed by atoms with E-state index in [1.54, 1.807) is 0 Å². The minimum absolute atomic E-state index is 0.00720. The molecule has 1 aliphatic heterocycles. The normalized spacial score (nSPS) is 25.2. The predicted molar refractivity (Wildman–Crippen MR) is 62.9 cm³/mol. The van der Waals surface area contributed by atoms with Crippen molar-refractivity contribution in [1.82, 2.24) is 0 Å². The van der Waals surface area contributed by atoms with E-state index in [0.717, 1.165) is 19.3 Å². The summed E-state index contributed by atoms with van der Waals surface area (Å²) in [7, 11) is 0. The third kappa shape index (κ3) is 1.52. The van der Waals surface area contributed by atoms with Gasteiger partial charge in [0.2, 0.25) is 0 Å². The average Bonchev–Trinajstić information content (AvgIpc) is 2.29. The van der Waals surface area contributed by atoms with Crippen LogP contribution in [-0.4, -0.2) is 23.7 Å². The van der Waals surface area contributed by atoms with Crippen LogP contribution in [0.25, 0.3) is 0 Å². The van der Waals surface area contributed by atoms with Gasteiger partial charge in [-0.25, -0.2) is 0 Å². The summed E-state index contributed by atoms with van der Waals surface area (Å²) in [6.07, 6.45) is 2.19. The molecule has 0 spiro atoms. The van der Waals surface area contributed by atoms with Crippen molar-refractivity contribution in [2.45, 2.75) is 25.4 Å². The highest BCUT2D eigenvalue weighted by Gasteiger charge is 2.50. The number of carbonyl (C=O) groups is 1. The van der Waals surface area contributed by atoms with Crippen molar-refractivity contribution in [2.75, 3.05) is 11.9 Å². The zero-order valence-electron chi connectivity index (χ0n) is 9.48. The molecule has 1 aromatic rings. The van der Waals surface area contributed by atoms with E-state index in [1.807, 2.05) is 24.3 Å². The lowest BCUT2D eigenvalue weighted by Gasteiger charge is -2.46. The largest absolute Gasteiger partial charge is 0.478 e. The van der Waals surface area contributed by atoms with Crippen LogP contribution in [0.3, 0.4) is 0 Å². The van der Waals surface area contributed by atoms with Crippen LogP contribution in [0, 0.1) is 5.41 Å². The van der Waals surface area contributed by atoms with E-state index in [9.17, 15) is 9.90 Å². The minimum atomic E-state index is -0.559. The number of nitrogens with one attached hydrogen (secondary N) is 1. The Bertz CT molecular complexity index is 448. The van der Waals surface area contributed by atoms with Crippen molar-refractivity contribution in [2.24, 2.45) is 5.41 Å². The molecule has 1 aliphatic carbocycles. The van der Waals surface area contributed by atoms with Crippen LogP contribution in [0.5, 0.6) is 5.75 Å². The highest BCUT2D eigenvalue weighted by Crippen LogP contribution is 2.47. The van der Waals surface area contributed by atoms with Crippen LogP contribution >= 0.6 is 0 Å². The summed E-state index contributed by atoms with van der Waals surface area (Å²) in [5, 5.41) is 12.3. The summed E-state index contributed by atoms with van der Waals surface area (Å²) in [6.45, 7) is 0.00720. The maximum Gasteiger partial charge on any atom is 0.266 e. The van der Waals surface area contributed by atoms with Crippen molar-refractivity contribution in [3.63, 3.8) is 0 Å². The standard InChI is InChI=1S/C13H15NO3/c15-8-13(6-3-7-13)11-12(16)14-9-4-1-2-5-10(9)17-11/h1-2,4-5,11,15H,3,6-8H2,(H,14,16). The molecule has 0 saturated heterocycles. The van der Waals surface area contributed by atoms with Crippen LogP contribution in [-0.2, 0) is 4.79 Å². The number of anilines is 1. The number of hydrogen-bond donors (Lipinski definition) is 2. The number of benzene rings is 1. The van der Waals surface area contributed by atoms with Gasteiger partial charge in [-0.05, 0) is 25.0 Å². The molecule has 1 saturated carbocycles. The average molecular weight is 233 g/mol. The molecule has 90 valence electrons. The van der Waals surface area contributed by atoms with E-state index in [1.165, 1.54) is 0 Å². The summed E-state index contributed by atoms with van der Waals surface area (Å²) in [4.78, 5) is 12.0. The second-order valence-corrected chi connectivity index (χ2v) is 4.86. The smallest absolute Gasteiger partial charge is 0.266 e. The summed E-state index contributed by atoms with van der Waals surface area (Å²) < 4.78 is 5.77. The molecule has 1 heterocycles. The molecule has 0 radical (unpaired) electrons. The Morgan fingerprint density at radius 2 is 2.18 bits per heavy atom. The van der Waals surface area contributed by atoms with Gasteiger partial charge in [0.15, 0.2) is 6.10 Å². The SMILES string of the molecule is O=C1Nc2ccccc2OC1C1(CO)CCC1. The van der Waals surface area contributed by atoms with Crippen molar-refractivity contribution >= 4 is 11.6 Å². The van der Waals surface area contributed by atoms with Gasteiger partial charge in [-0.2, -0.15) is 0 Å². The lowest BCUT2D eigenvalue weighted by Crippen LogP contribution is -2.54. The summed E-state index contributed by atoms with van der Waals surface area (Å²) in [5.41, 5.74) is 0.332. The van der Waals surface area contributed by atoms with Crippen LogP contribution in [0.2, 0.25) is 0 Å². The molecule has 1 aromatic carbocycles. The quantitative estimate of drug-likeness (QED) is 0.814. The molecule has 4 nitrogen and oxygen atoms in total. The Morgan fingerprint density at radius 3 is 2.82 bits per heavy atom. The second-order valence-electron chi connectivity index (χ2n) is 4.86. The Kier molecular flexibility index (Phi) is 2.33. The maximum atomic E-state index is 12.0. The van der Waals surface area contributed by atoms with E-state index in [4.69, 9.17) is 4.74 Å². The minimum Gasteiger partial charge on any atom is -0.478 e. The van der Waals surface area contributed by atoms with Crippen LogP contribution in [0.4, 0.5) is 5.69 Å². The number of hydrogen-bond acceptors (Lipinski definition) is 3. The molecule has 1 amide bonds. The highest BCUT2D eigenvalue weighted by atomic mass is 16.5. The number of fused-ring (bicyclic) bond motifs is 1. The molecule has 1 atom stereocenters. The Morgan fingerprint density at radius 1 is 1.41 bits per heavy atom. The Labute approximate surface area is 99.6 Å². The van der Waals surface area contributed by atoms with Gasteiger partial charge >= 0.3 is 0 Å². The summed E-state index contributed by atoms with van der Waals surface area (Å²) in [6, 6.07) is 7.38. The molecule has 0 bridgehead atoms. The van der Waals surface area contributed by atoms with Crippen molar-refractivity contribution in [3.05, 3.63) is 24.3 Å². The van der Waals surface area contributed by atoms with Crippen molar-refractivity contribution in [3.8, 4) is 5.75 Å². The number of aliphatic hydroxyl groups is 1.